The lowest BCUT2D eigenvalue weighted by Crippen LogP contribution is -2.21. The number of hydrogen-bond donors (Lipinski definition) is 0. The number of benzene rings is 1. The average molecular weight is 339 g/mol. The molecule has 2 rings (SSSR count). The van der Waals surface area contributed by atoms with E-state index >= 15 is 0 Å². The minimum absolute atomic E-state index is 0.0208. The summed E-state index contributed by atoms with van der Waals surface area (Å²) in [5.74, 6) is -0.459. The molecule has 0 bridgehead atoms. The van der Waals surface area contributed by atoms with Gasteiger partial charge in [0.2, 0.25) is 0 Å². The molecule has 1 heterocycles. The molecule has 24 heavy (non-hydrogen) atoms. The Morgan fingerprint density at radius 3 is 2.38 bits per heavy atom. The van der Waals surface area contributed by atoms with Crippen molar-refractivity contribution in [3.63, 3.8) is 0 Å². The monoisotopic (exact) mass is 339 g/mol. The maximum atomic E-state index is 12.7. The summed E-state index contributed by atoms with van der Waals surface area (Å²) in [5.41, 5.74) is -0.469. The van der Waals surface area contributed by atoms with E-state index in [1.807, 2.05) is 6.92 Å². The number of hydrogen-bond acceptors (Lipinski definition) is 3. The van der Waals surface area contributed by atoms with Gasteiger partial charge in [-0.2, -0.15) is 13.2 Å². The third-order valence-electron chi connectivity index (χ3n) is 3.29. The number of aromatic nitrogens is 1. The Labute approximate surface area is 136 Å². The van der Waals surface area contributed by atoms with Gasteiger partial charge in [-0.15, -0.1) is 0 Å². The van der Waals surface area contributed by atoms with Crippen LogP contribution in [0.1, 0.15) is 34.8 Å². The molecule has 0 fully saturated rings. The SMILES string of the molecule is CCCOC(=O)c1ccc(Cn2cc(C(F)(F)F)ccc2=O)cc1. The number of carbonyl (C=O) groups excluding carboxylic acids is 1. The van der Waals surface area contributed by atoms with E-state index in [0.717, 1.165) is 22.9 Å². The number of esters is 1. The van der Waals surface area contributed by atoms with Crippen LogP contribution in [0.25, 0.3) is 0 Å². The Bertz CT molecular complexity index is 764. The van der Waals surface area contributed by atoms with Gasteiger partial charge in [-0.05, 0) is 30.2 Å². The van der Waals surface area contributed by atoms with Gasteiger partial charge in [-0.1, -0.05) is 19.1 Å². The van der Waals surface area contributed by atoms with Gasteiger partial charge < -0.3 is 9.30 Å². The zero-order valence-electron chi connectivity index (χ0n) is 13.0. The molecule has 1 aromatic heterocycles. The minimum atomic E-state index is -4.51. The van der Waals surface area contributed by atoms with Crippen molar-refractivity contribution in [2.24, 2.45) is 0 Å². The summed E-state index contributed by atoms with van der Waals surface area (Å²) < 4.78 is 44.1. The Morgan fingerprint density at radius 2 is 1.79 bits per heavy atom. The van der Waals surface area contributed by atoms with E-state index < -0.39 is 23.3 Å². The van der Waals surface area contributed by atoms with Crippen LogP contribution in [0.5, 0.6) is 0 Å². The Morgan fingerprint density at radius 1 is 1.12 bits per heavy atom. The maximum Gasteiger partial charge on any atom is 0.417 e. The molecule has 0 aliphatic carbocycles. The summed E-state index contributed by atoms with van der Waals surface area (Å²) in [7, 11) is 0. The van der Waals surface area contributed by atoms with E-state index in [1.54, 1.807) is 12.1 Å². The lowest BCUT2D eigenvalue weighted by Gasteiger charge is -2.11. The molecular weight excluding hydrogens is 323 g/mol. The molecule has 1 aromatic carbocycles. The van der Waals surface area contributed by atoms with Crippen molar-refractivity contribution in [3.05, 3.63) is 69.6 Å². The van der Waals surface area contributed by atoms with Crippen LogP contribution in [-0.2, 0) is 17.5 Å². The molecular formula is C17H16F3NO3. The second-order valence-corrected chi connectivity index (χ2v) is 5.21. The fraction of sp³-hybridized carbons (Fsp3) is 0.294. The highest BCUT2D eigenvalue weighted by atomic mass is 19.4. The second-order valence-electron chi connectivity index (χ2n) is 5.21. The lowest BCUT2D eigenvalue weighted by molar-refractivity contribution is -0.138. The molecule has 0 spiro atoms. The molecule has 0 saturated heterocycles. The third-order valence-corrected chi connectivity index (χ3v) is 3.29. The highest BCUT2D eigenvalue weighted by molar-refractivity contribution is 5.89. The summed E-state index contributed by atoms with van der Waals surface area (Å²) in [6.07, 6.45) is -3.02. The second kappa shape index (κ2) is 7.33. The van der Waals surface area contributed by atoms with E-state index in [2.05, 4.69) is 0 Å². The molecule has 0 N–H and O–H groups in total. The van der Waals surface area contributed by atoms with Crippen LogP contribution in [0.4, 0.5) is 13.2 Å². The minimum Gasteiger partial charge on any atom is -0.462 e. The number of carbonyl (C=O) groups is 1. The highest BCUT2D eigenvalue weighted by Crippen LogP contribution is 2.28. The highest BCUT2D eigenvalue weighted by Gasteiger charge is 2.31. The first kappa shape index (κ1) is 17.8. The van der Waals surface area contributed by atoms with Crippen LogP contribution in [0.15, 0.2) is 47.4 Å². The van der Waals surface area contributed by atoms with Crippen molar-refractivity contribution in [2.75, 3.05) is 6.61 Å². The number of halogens is 3. The van der Waals surface area contributed by atoms with Gasteiger partial charge in [-0.3, -0.25) is 4.79 Å². The Kier molecular flexibility index (Phi) is 5.43. The van der Waals surface area contributed by atoms with E-state index in [4.69, 9.17) is 4.74 Å². The molecule has 128 valence electrons. The smallest absolute Gasteiger partial charge is 0.417 e. The molecule has 0 unspecified atom stereocenters. The topological polar surface area (TPSA) is 48.3 Å². The largest absolute Gasteiger partial charge is 0.462 e. The zero-order chi connectivity index (χ0) is 17.7. The Hall–Kier alpha value is -2.57. The van der Waals surface area contributed by atoms with Crippen molar-refractivity contribution in [1.29, 1.82) is 0 Å². The first-order chi connectivity index (χ1) is 11.3. The quantitative estimate of drug-likeness (QED) is 0.784. The van der Waals surface area contributed by atoms with Crippen LogP contribution >= 0.6 is 0 Å². The van der Waals surface area contributed by atoms with Crippen molar-refractivity contribution in [1.82, 2.24) is 4.57 Å². The molecule has 2 aromatic rings. The summed E-state index contributed by atoms with van der Waals surface area (Å²) in [5, 5.41) is 0. The van der Waals surface area contributed by atoms with Crippen molar-refractivity contribution < 1.29 is 22.7 Å². The van der Waals surface area contributed by atoms with Gasteiger partial charge in [-0.25, -0.2) is 4.79 Å². The van der Waals surface area contributed by atoms with E-state index in [0.29, 0.717) is 24.2 Å². The van der Waals surface area contributed by atoms with Gasteiger partial charge in [0.25, 0.3) is 5.56 Å². The number of nitrogens with zero attached hydrogens (tertiary/aromatic N) is 1. The number of alkyl halides is 3. The van der Waals surface area contributed by atoms with Crippen molar-refractivity contribution in [3.8, 4) is 0 Å². The lowest BCUT2D eigenvalue weighted by atomic mass is 10.1. The van der Waals surface area contributed by atoms with Crippen LogP contribution < -0.4 is 5.56 Å². The number of rotatable bonds is 5. The molecule has 7 heteroatoms. The fourth-order valence-electron chi connectivity index (χ4n) is 2.04. The van der Waals surface area contributed by atoms with Crippen LogP contribution in [0, 0.1) is 0 Å². The number of ether oxygens (including phenoxy) is 1. The molecule has 4 nitrogen and oxygen atoms in total. The fourth-order valence-corrected chi connectivity index (χ4v) is 2.04. The molecule has 0 aliphatic rings. The van der Waals surface area contributed by atoms with Crippen molar-refractivity contribution >= 4 is 5.97 Å². The normalized spacial score (nSPS) is 11.3. The van der Waals surface area contributed by atoms with Gasteiger partial charge in [0.1, 0.15) is 0 Å². The summed E-state index contributed by atoms with van der Waals surface area (Å²) >= 11 is 0. The number of pyridine rings is 1. The van der Waals surface area contributed by atoms with Gasteiger partial charge in [0.15, 0.2) is 0 Å². The summed E-state index contributed by atoms with van der Waals surface area (Å²) in [6, 6.07) is 7.84. The average Bonchev–Trinajstić information content (AvgIpc) is 2.54. The predicted molar refractivity (Wildman–Crippen MR) is 81.8 cm³/mol. The molecule has 0 radical (unpaired) electrons. The van der Waals surface area contributed by atoms with Gasteiger partial charge in [0.05, 0.1) is 24.3 Å². The first-order valence-corrected chi connectivity index (χ1v) is 7.35. The van der Waals surface area contributed by atoms with Gasteiger partial charge in [0, 0.05) is 12.3 Å². The molecule has 0 amide bonds. The summed E-state index contributed by atoms with van der Waals surface area (Å²) in [6.45, 7) is 2.18. The van der Waals surface area contributed by atoms with Crippen molar-refractivity contribution in [2.45, 2.75) is 26.1 Å². The maximum absolute atomic E-state index is 12.7. The first-order valence-electron chi connectivity index (χ1n) is 7.35. The Balaban J connectivity index is 2.17. The molecule has 0 aliphatic heterocycles. The van der Waals surface area contributed by atoms with E-state index in [9.17, 15) is 22.8 Å². The zero-order valence-corrected chi connectivity index (χ0v) is 13.0. The van der Waals surface area contributed by atoms with Gasteiger partial charge >= 0.3 is 12.1 Å². The molecule has 0 atom stereocenters. The molecule has 0 saturated carbocycles. The predicted octanol–water partition coefficient (Wildman–Crippen LogP) is 3.48. The van der Waals surface area contributed by atoms with Crippen LogP contribution in [-0.4, -0.2) is 17.1 Å². The van der Waals surface area contributed by atoms with E-state index in [1.165, 1.54) is 12.1 Å². The van der Waals surface area contributed by atoms with Crippen LogP contribution in [0.3, 0.4) is 0 Å². The summed E-state index contributed by atoms with van der Waals surface area (Å²) in [4.78, 5) is 23.4. The third kappa shape index (κ3) is 4.47. The van der Waals surface area contributed by atoms with Crippen LogP contribution in [0.2, 0.25) is 0 Å². The standard InChI is InChI=1S/C17H16F3NO3/c1-2-9-24-16(23)13-5-3-12(4-6-13)10-21-11-14(17(18,19)20)7-8-15(21)22/h3-8,11H,2,9-10H2,1H3. The van der Waals surface area contributed by atoms with E-state index in [-0.39, 0.29) is 6.54 Å².